The fourth-order valence-electron chi connectivity index (χ4n) is 7.22. The standard InChI is InChI=1S/C28H20O11/c1-7-4-10(30)14-16-12(7)17-18-22(32)13-8(2)5-11(31)15-20(13)28(6-37-25(15)34,24(18)38-9(3)29)21(17)23(33)19(16)27(36)39-26(14)35/h4-5,18,24,27,30-31,33,36H,6H2,1-3H3/t18-,24-,27?,28-/m0/s1. The summed E-state index contributed by atoms with van der Waals surface area (Å²) < 4.78 is 16.3. The largest absolute Gasteiger partial charge is 0.507 e. The lowest BCUT2D eigenvalue weighted by molar-refractivity contribution is -0.150. The average molecular weight is 532 g/mol. The quantitative estimate of drug-likeness (QED) is 0.267. The number of Topliss-reactive ketones (excluding diaryl/α,β-unsaturated/α-hetero) is 1. The van der Waals surface area contributed by atoms with E-state index >= 15 is 0 Å². The molecule has 11 heteroatoms. The molecule has 0 saturated heterocycles. The molecule has 0 amide bonds. The molecule has 39 heavy (non-hydrogen) atoms. The van der Waals surface area contributed by atoms with Gasteiger partial charge in [0, 0.05) is 23.4 Å². The van der Waals surface area contributed by atoms with Gasteiger partial charge < -0.3 is 34.6 Å². The number of aliphatic hydroxyl groups excluding tert-OH is 1. The van der Waals surface area contributed by atoms with E-state index in [2.05, 4.69) is 0 Å². The van der Waals surface area contributed by atoms with E-state index in [1.54, 1.807) is 13.8 Å². The van der Waals surface area contributed by atoms with Crippen LogP contribution in [-0.4, -0.2) is 56.8 Å². The van der Waals surface area contributed by atoms with Gasteiger partial charge in [0.2, 0.25) is 6.29 Å². The van der Waals surface area contributed by atoms with E-state index in [1.807, 2.05) is 0 Å². The van der Waals surface area contributed by atoms with Gasteiger partial charge in [0.05, 0.1) is 16.9 Å². The average Bonchev–Trinajstić information content (AvgIpc) is 3.04. The number of hydrogen-bond donors (Lipinski definition) is 4. The molecular formula is C28H20O11. The van der Waals surface area contributed by atoms with Crippen LogP contribution in [0.5, 0.6) is 17.2 Å². The number of fused-ring (bicyclic) bond motifs is 4. The van der Waals surface area contributed by atoms with Gasteiger partial charge in [0.1, 0.15) is 41.1 Å². The number of ketones is 1. The number of phenolic OH excluding ortho intramolecular Hbond substituents is 3. The maximum Gasteiger partial charge on any atom is 0.345 e. The second-order valence-corrected chi connectivity index (χ2v) is 10.4. The molecule has 2 heterocycles. The van der Waals surface area contributed by atoms with Crippen LogP contribution in [0.25, 0.3) is 10.8 Å². The van der Waals surface area contributed by atoms with Crippen LogP contribution < -0.4 is 0 Å². The van der Waals surface area contributed by atoms with E-state index in [0.717, 1.165) is 6.92 Å². The first-order chi connectivity index (χ1) is 18.4. The Hall–Kier alpha value is -4.64. The van der Waals surface area contributed by atoms with Crippen molar-refractivity contribution < 1.29 is 53.8 Å². The number of rotatable bonds is 1. The first-order valence-corrected chi connectivity index (χ1v) is 12.1. The number of carbonyl (C=O) groups excluding carboxylic acids is 4. The highest BCUT2D eigenvalue weighted by atomic mass is 16.6. The van der Waals surface area contributed by atoms with E-state index in [-0.39, 0.29) is 49.7 Å². The van der Waals surface area contributed by atoms with Crippen molar-refractivity contribution in [3.63, 3.8) is 0 Å². The Balaban J connectivity index is 1.76. The van der Waals surface area contributed by atoms with Gasteiger partial charge in [-0.1, -0.05) is 0 Å². The van der Waals surface area contributed by atoms with Crippen LogP contribution in [0.1, 0.15) is 83.6 Å². The first-order valence-electron chi connectivity index (χ1n) is 12.1. The second kappa shape index (κ2) is 7.06. The highest BCUT2D eigenvalue weighted by Crippen LogP contribution is 2.66. The lowest BCUT2D eigenvalue weighted by Gasteiger charge is -2.45. The van der Waals surface area contributed by atoms with Crippen LogP contribution in [0.4, 0.5) is 0 Å². The number of aliphatic hydroxyl groups is 1. The van der Waals surface area contributed by atoms with Gasteiger partial charge in [0.15, 0.2) is 5.78 Å². The molecular weight excluding hydrogens is 512 g/mol. The van der Waals surface area contributed by atoms with Gasteiger partial charge in [-0.3, -0.25) is 9.59 Å². The second-order valence-electron chi connectivity index (χ2n) is 10.4. The van der Waals surface area contributed by atoms with Crippen LogP contribution >= 0.6 is 0 Å². The lowest BCUT2D eigenvalue weighted by atomic mass is 9.63. The van der Waals surface area contributed by atoms with Gasteiger partial charge in [-0.25, -0.2) is 9.59 Å². The number of benzene rings is 3. The molecule has 2 bridgehead atoms. The van der Waals surface area contributed by atoms with Crippen molar-refractivity contribution in [1.82, 2.24) is 0 Å². The third-order valence-corrected chi connectivity index (χ3v) is 8.43. The third kappa shape index (κ3) is 2.47. The van der Waals surface area contributed by atoms with Crippen molar-refractivity contribution in [3.8, 4) is 17.2 Å². The van der Waals surface area contributed by atoms with E-state index < -0.39 is 71.3 Å². The summed E-state index contributed by atoms with van der Waals surface area (Å²) in [7, 11) is 0. The predicted octanol–water partition coefficient (Wildman–Crippen LogP) is 2.42. The number of hydrogen-bond acceptors (Lipinski definition) is 11. The predicted molar refractivity (Wildman–Crippen MR) is 129 cm³/mol. The van der Waals surface area contributed by atoms with Crippen molar-refractivity contribution >= 4 is 34.5 Å². The normalized spacial score (nSPS) is 25.6. The van der Waals surface area contributed by atoms with Crippen LogP contribution in [0.2, 0.25) is 0 Å². The highest BCUT2D eigenvalue weighted by molar-refractivity contribution is 6.18. The van der Waals surface area contributed by atoms with Gasteiger partial charge in [-0.05, 0) is 53.6 Å². The van der Waals surface area contributed by atoms with Crippen LogP contribution in [0.3, 0.4) is 0 Å². The molecule has 4 atom stereocenters. The first kappa shape index (κ1) is 23.5. The molecule has 0 radical (unpaired) electrons. The maximum atomic E-state index is 14.3. The minimum absolute atomic E-state index is 0.00229. The highest BCUT2D eigenvalue weighted by Gasteiger charge is 2.68. The zero-order valence-electron chi connectivity index (χ0n) is 20.7. The molecule has 3 aromatic carbocycles. The summed E-state index contributed by atoms with van der Waals surface area (Å²) in [6, 6.07) is 2.58. The van der Waals surface area contributed by atoms with Crippen molar-refractivity contribution in [2.75, 3.05) is 6.61 Å². The Kier molecular flexibility index (Phi) is 4.25. The molecule has 1 spiro atoms. The SMILES string of the molecule is CC(=O)O[C@H]1[C@@H]2C(=O)c3c(C)cc(O)c4c3[C@@]1(COC4=O)c1c(O)c3c4c(c(O)cc(C)c4c12)C(=O)OC3O. The zero-order valence-corrected chi connectivity index (χ0v) is 20.7. The Labute approximate surface area is 219 Å². The maximum absolute atomic E-state index is 14.3. The Morgan fingerprint density at radius 1 is 0.923 bits per heavy atom. The number of cyclic esters (lactones) is 2. The molecule has 3 aromatic rings. The molecule has 0 aromatic heterocycles. The zero-order chi connectivity index (χ0) is 27.9. The Morgan fingerprint density at radius 3 is 2.28 bits per heavy atom. The van der Waals surface area contributed by atoms with Crippen molar-refractivity contribution in [2.45, 2.75) is 44.5 Å². The summed E-state index contributed by atoms with van der Waals surface area (Å²) in [5.41, 5.74) is -1.27. The van der Waals surface area contributed by atoms with Crippen LogP contribution in [0, 0.1) is 13.8 Å². The van der Waals surface area contributed by atoms with Gasteiger partial charge in [0.25, 0.3) is 0 Å². The summed E-state index contributed by atoms with van der Waals surface area (Å²) >= 11 is 0. The molecule has 0 saturated carbocycles. The summed E-state index contributed by atoms with van der Waals surface area (Å²) in [5, 5.41) is 44.4. The molecule has 0 fully saturated rings. The molecule has 2 aliphatic carbocycles. The number of aromatic hydroxyl groups is 3. The minimum Gasteiger partial charge on any atom is -0.507 e. The van der Waals surface area contributed by atoms with E-state index in [9.17, 15) is 39.6 Å². The fraction of sp³-hybridized carbons (Fsp3) is 0.286. The molecule has 198 valence electrons. The monoisotopic (exact) mass is 532 g/mol. The van der Waals surface area contributed by atoms with Crippen LogP contribution in [0.15, 0.2) is 12.1 Å². The molecule has 4 N–H and O–H groups in total. The van der Waals surface area contributed by atoms with E-state index in [0.29, 0.717) is 11.1 Å². The molecule has 11 nitrogen and oxygen atoms in total. The Bertz CT molecular complexity index is 1780. The number of esters is 3. The van der Waals surface area contributed by atoms with Gasteiger partial charge in [-0.15, -0.1) is 0 Å². The topological polar surface area (TPSA) is 177 Å². The minimum atomic E-state index is -1.94. The lowest BCUT2D eigenvalue weighted by Crippen LogP contribution is -2.54. The molecule has 4 aliphatic rings. The van der Waals surface area contributed by atoms with E-state index in [1.165, 1.54) is 12.1 Å². The molecule has 1 unspecified atom stereocenters. The number of ether oxygens (including phenoxy) is 3. The molecule has 2 aliphatic heterocycles. The summed E-state index contributed by atoms with van der Waals surface area (Å²) in [4.78, 5) is 52.4. The number of phenols is 3. The number of carbonyl (C=O) groups is 4. The van der Waals surface area contributed by atoms with E-state index in [4.69, 9.17) is 14.2 Å². The molecule has 7 rings (SSSR count). The summed E-state index contributed by atoms with van der Waals surface area (Å²) in [6.07, 6.45) is -3.25. The van der Waals surface area contributed by atoms with Crippen LogP contribution in [-0.2, 0) is 24.4 Å². The Morgan fingerprint density at radius 2 is 1.59 bits per heavy atom. The van der Waals surface area contributed by atoms with Gasteiger partial charge >= 0.3 is 17.9 Å². The van der Waals surface area contributed by atoms with Gasteiger partial charge in [-0.2, -0.15) is 0 Å². The number of aryl methyl sites for hydroxylation is 2. The van der Waals surface area contributed by atoms with Crippen molar-refractivity contribution in [3.05, 3.63) is 62.2 Å². The summed E-state index contributed by atoms with van der Waals surface area (Å²) in [5.74, 6) is -5.88. The van der Waals surface area contributed by atoms with Crippen molar-refractivity contribution in [1.29, 1.82) is 0 Å². The fourth-order valence-corrected chi connectivity index (χ4v) is 7.22. The summed E-state index contributed by atoms with van der Waals surface area (Å²) in [6.45, 7) is 3.90. The third-order valence-electron chi connectivity index (χ3n) is 8.43. The smallest absolute Gasteiger partial charge is 0.345 e. The van der Waals surface area contributed by atoms with Crippen molar-refractivity contribution in [2.24, 2.45) is 0 Å².